The molecule has 1 aromatic heterocycles. The Hall–Kier alpha value is -1.01. The molecule has 0 aliphatic carbocycles. The molecule has 0 aromatic carbocycles. The lowest BCUT2D eigenvalue weighted by Crippen LogP contribution is -2.34. The fraction of sp³-hybridized carbons (Fsp3) is 0.500. The fourth-order valence-electron chi connectivity index (χ4n) is 1.23. The second-order valence-corrected chi connectivity index (χ2v) is 5.64. The Kier molecular flexibility index (Phi) is 6.82. The van der Waals surface area contributed by atoms with Crippen molar-refractivity contribution in [2.24, 2.45) is 0 Å². The zero-order valence-electron chi connectivity index (χ0n) is 10.5. The van der Waals surface area contributed by atoms with Crippen LogP contribution in [0, 0.1) is 0 Å². The summed E-state index contributed by atoms with van der Waals surface area (Å²) in [4.78, 5) is 25.6. The molecular formula is C12H17NO3S2. The van der Waals surface area contributed by atoms with Crippen molar-refractivity contribution in [2.45, 2.75) is 12.7 Å². The van der Waals surface area contributed by atoms with Crippen LogP contribution in [0.4, 0.5) is 0 Å². The van der Waals surface area contributed by atoms with E-state index >= 15 is 0 Å². The summed E-state index contributed by atoms with van der Waals surface area (Å²) in [6, 6.07) is 4.04. The fourth-order valence-corrected chi connectivity index (χ4v) is 3.04. The van der Waals surface area contributed by atoms with E-state index in [0.29, 0.717) is 12.4 Å². The lowest BCUT2D eigenvalue weighted by atomic mass is 10.5. The van der Waals surface area contributed by atoms with Crippen LogP contribution in [0.3, 0.4) is 0 Å². The van der Waals surface area contributed by atoms with E-state index in [1.165, 1.54) is 9.78 Å². The topological polar surface area (TPSA) is 46.6 Å². The highest BCUT2D eigenvalue weighted by molar-refractivity contribution is 7.99. The molecule has 0 fully saturated rings. The quantitative estimate of drug-likeness (QED) is 0.720. The van der Waals surface area contributed by atoms with Crippen LogP contribution in [-0.2, 0) is 20.1 Å². The molecular weight excluding hydrogens is 270 g/mol. The maximum Gasteiger partial charge on any atom is 0.325 e. The molecule has 0 unspecified atom stereocenters. The Bertz CT molecular complexity index is 379. The molecule has 1 rings (SSSR count). The molecule has 0 atom stereocenters. The summed E-state index contributed by atoms with van der Waals surface area (Å²) >= 11 is 3.24. The first kappa shape index (κ1) is 15.0. The van der Waals surface area contributed by atoms with Crippen molar-refractivity contribution in [1.82, 2.24) is 4.90 Å². The molecule has 1 aromatic rings. The Morgan fingerprint density at radius 2 is 2.28 bits per heavy atom. The van der Waals surface area contributed by atoms with Gasteiger partial charge in [0, 0.05) is 17.7 Å². The normalized spacial score (nSPS) is 10.1. The average molecular weight is 287 g/mol. The molecule has 4 nitrogen and oxygen atoms in total. The van der Waals surface area contributed by atoms with Gasteiger partial charge < -0.3 is 9.64 Å². The van der Waals surface area contributed by atoms with Gasteiger partial charge >= 0.3 is 5.97 Å². The summed E-state index contributed by atoms with van der Waals surface area (Å²) < 4.78 is 4.79. The number of likely N-dealkylation sites (N-methyl/N-ethyl adjacent to an activating group) is 1. The standard InChI is InChI=1S/C12H17NO3S2/c1-3-16-12(15)7-13(2)11(14)9-17-8-10-5-4-6-18-10/h4-6H,3,7-9H2,1-2H3. The molecule has 6 heteroatoms. The largest absolute Gasteiger partial charge is 0.465 e. The Labute approximate surface area is 115 Å². The Morgan fingerprint density at radius 1 is 1.50 bits per heavy atom. The monoisotopic (exact) mass is 287 g/mol. The van der Waals surface area contributed by atoms with Crippen molar-refractivity contribution in [3.63, 3.8) is 0 Å². The van der Waals surface area contributed by atoms with E-state index in [1.54, 1.807) is 37.1 Å². The van der Waals surface area contributed by atoms with Crippen LogP contribution >= 0.6 is 23.1 Å². The van der Waals surface area contributed by atoms with Gasteiger partial charge in [-0.2, -0.15) is 0 Å². The first-order valence-corrected chi connectivity index (χ1v) is 7.66. The van der Waals surface area contributed by atoms with Crippen LogP contribution < -0.4 is 0 Å². The second kappa shape index (κ2) is 8.16. The number of rotatable bonds is 7. The molecule has 0 bridgehead atoms. The Balaban J connectivity index is 2.21. The SMILES string of the molecule is CCOC(=O)CN(C)C(=O)CSCc1cccs1. The maximum atomic E-state index is 11.7. The molecule has 0 radical (unpaired) electrons. The van der Waals surface area contributed by atoms with Gasteiger partial charge in [-0.1, -0.05) is 6.07 Å². The van der Waals surface area contributed by atoms with E-state index in [-0.39, 0.29) is 18.4 Å². The molecule has 0 saturated carbocycles. The van der Waals surface area contributed by atoms with Gasteiger partial charge in [-0.05, 0) is 18.4 Å². The van der Waals surface area contributed by atoms with Crippen LogP contribution in [0.2, 0.25) is 0 Å². The average Bonchev–Trinajstić information content (AvgIpc) is 2.82. The van der Waals surface area contributed by atoms with Crippen LogP contribution in [-0.4, -0.2) is 42.7 Å². The summed E-state index contributed by atoms with van der Waals surface area (Å²) in [5, 5.41) is 2.02. The minimum absolute atomic E-state index is 0.0201. The predicted molar refractivity (Wildman–Crippen MR) is 74.8 cm³/mol. The van der Waals surface area contributed by atoms with E-state index in [1.807, 2.05) is 17.5 Å². The lowest BCUT2D eigenvalue weighted by Gasteiger charge is -2.15. The van der Waals surface area contributed by atoms with Gasteiger partial charge in [0.1, 0.15) is 6.54 Å². The number of hydrogen-bond acceptors (Lipinski definition) is 5. The number of thiophene rings is 1. The highest BCUT2D eigenvalue weighted by atomic mass is 32.2. The lowest BCUT2D eigenvalue weighted by molar-refractivity contribution is -0.147. The van der Waals surface area contributed by atoms with Crippen LogP contribution in [0.5, 0.6) is 0 Å². The van der Waals surface area contributed by atoms with Crippen molar-refractivity contribution in [1.29, 1.82) is 0 Å². The van der Waals surface area contributed by atoms with Gasteiger partial charge in [-0.25, -0.2) is 0 Å². The smallest absolute Gasteiger partial charge is 0.325 e. The third kappa shape index (κ3) is 5.55. The number of carbonyl (C=O) groups is 2. The number of thioether (sulfide) groups is 1. The van der Waals surface area contributed by atoms with Gasteiger partial charge in [0.2, 0.25) is 5.91 Å². The molecule has 18 heavy (non-hydrogen) atoms. The number of esters is 1. The molecule has 0 saturated heterocycles. The first-order chi connectivity index (χ1) is 8.63. The van der Waals surface area contributed by atoms with Gasteiger partial charge in [0.15, 0.2) is 0 Å². The minimum Gasteiger partial charge on any atom is -0.465 e. The molecule has 1 amide bonds. The molecule has 0 aliphatic heterocycles. The molecule has 0 N–H and O–H groups in total. The number of amides is 1. The van der Waals surface area contributed by atoms with Crippen LogP contribution in [0.25, 0.3) is 0 Å². The van der Waals surface area contributed by atoms with Gasteiger partial charge in [0.25, 0.3) is 0 Å². The second-order valence-electron chi connectivity index (χ2n) is 3.63. The van der Waals surface area contributed by atoms with Crippen molar-refractivity contribution >= 4 is 35.0 Å². The third-order valence-electron chi connectivity index (χ3n) is 2.15. The van der Waals surface area contributed by atoms with Gasteiger partial charge in [0.05, 0.1) is 12.4 Å². The Morgan fingerprint density at radius 3 is 2.89 bits per heavy atom. The number of hydrogen-bond donors (Lipinski definition) is 0. The molecule has 1 heterocycles. The van der Waals surface area contributed by atoms with Crippen molar-refractivity contribution in [2.75, 3.05) is 26.0 Å². The van der Waals surface area contributed by atoms with Crippen LogP contribution in [0.1, 0.15) is 11.8 Å². The van der Waals surface area contributed by atoms with E-state index < -0.39 is 0 Å². The van der Waals surface area contributed by atoms with Crippen molar-refractivity contribution in [3.8, 4) is 0 Å². The minimum atomic E-state index is -0.364. The van der Waals surface area contributed by atoms with E-state index in [0.717, 1.165) is 5.75 Å². The highest BCUT2D eigenvalue weighted by Crippen LogP contribution is 2.17. The van der Waals surface area contributed by atoms with E-state index in [2.05, 4.69) is 0 Å². The van der Waals surface area contributed by atoms with Crippen molar-refractivity contribution < 1.29 is 14.3 Å². The van der Waals surface area contributed by atoms with E-state index in [4.69, 9.17) is 4.74 Å². The summed E-state index contributed by atoms with van der Waals surface area (Å²) in [6.45, 7) is 2.11. The zero-order valence-corrected chi connectivity index (χ0v) is 12.2. The molecule has 0 aliphatic rings. The molecule has 100 valence electrons. The van der Waals surface area contributed by atoms with E-state index in [9.17, 15) is 9.59 Å². The third-order valence-corrected chi connectivity index (χ3v) is 4.17. The zero-order chi connectivity index (χ0) is 13.4. The maximum absolute atomic E-state index is 11.7. The number of ether oxygens (including phenoxy) is 1. The number of nitrogens with zero attached hydrogens (tertiary/aromatic N) is 1. The summed E-state index contributed by atoms with van der Waals surface area (Å²) in [5.41, 5.74) is 0. The highest BCUT2D eigenvalue weighted by Gasteiger charge is 2.13. The summed E-state index contributed by atoms with van der Waals surface area (Å²) in [5.74, 6) is 0.797. The predicted octanol–water partition coefficient (Wildman–Crippen LogP) is 2.00. The van der Waals surface area contributed by atoms with Crippen molar-refractivity contribution in [3.05, 3.63) is 22.4 Å². The summed E-state index contributed by atoms with van der Waals surface area (Å²) in [6.07, 6.45) is 0. The van der Waals surface area contributed by atoms with Crippen LogP contribution in [0.15, 0.2) is 17.5 Å². The summed E-state index contributed by atoms with van der Waals surface area (Å²) in [7, 11) is 1.62. The molecule has 0 spiro atoms. The van der Waals surface area contributed by atoms with Gasteiger partial charge in [-0.15, -0.1) is 23.1 Å². The first-order valence-electron chi connectivity index (χ1n) is 5.63. The number of carbonyl (C=O) groups excluding carboxylic acids is 2. The van der Waals surface area contributed by atoms with Gasteiger partial charge in [-0.3, -0.25) is 9.59 Å².